The van der Waals surface area contributed by atoms with E-state index >= 15 is 0 Å². The quantitative estimate of drug-likeness (QED) is 0.583. The summed E-state index contributed by atoms with van der Waals surface area (Å²) < 4.78 is 0. The van der Waals surface area contributed by atoms with Gasteiger partial charge in [0.2, 0.25) is 0 Å². The van der Waals surface area contributed by atoms with Crippen molar-refractivity contribution >= 4 is 29.1 Å². The minimum Gasteiger partial charge on any atom is -0.351 e. The summed E-state index contributed by atoms with van der Waals surface area (Å²) >= 11 is 5.82. The number of anilines is 1. The summed E-state index contributed by atoms with van der Waals surface area (Å²) in [4.78, 5) is 24.8. The minimum absolute atomic E-state index is 0.0464. The highest BCUT2D eigenvalue weighted by molar-refractivity contribution is 6.30. The molecule has 1 unspecified atom stereocenters. The molecule has 6 heteroatoms. The second-order valence-corrected chi connectivity index (χ2v) is 6.74. The summed E-state index contributed by atoms with van der Waals surface area (Å²) in [6, 6.07) is 17.1. The van der Waals surface area contributed by atoms with E-state index in [2.05, 4.69) is 22.8 Å². The van der Waals surface area contributed by atoms with Gasteiger partial charge in [0.1, 0.15) is 0 Å². The number of amides is 2. The van der Waals surface area contributed by atoms with Gasteiger partial charge in [-0.15, -0.1) is 0 Å². The minimum atomic E-state index is -0.137. The molecule has 26 heavy (non-hydrogen) atoms. The number of hydrogen-bond acceptors (Lipinski definition) is 2. The fourth-order valence-corrected chi connectivity index (χ4v) is 2.70. The smallest absolute Gasteiger partial charge is 0.279 e. The Balaban J connectivity index is 1.61. The van der Waals surface area contributed by atoms with Crippen molar-refractivity contribution in [1.29, 1.82) is 0 Å². The van der Waals surface area contributed by atoms with Gasteiger partial charge in [0.05, 0.1) is 7.05 Å². The normalized spacial score (nSPS) is 11.6. The van der Waals surface area contributed by atoms with E-state index in [0.717, 1.165) is 17.7 Å². The molecule has 0 radical (unpaired) electrons. The fraction of sp³-hybridized carbons (Fsp3) is 0.300. The van der Waals surface area contributed by atoms with Gasteiger partial charge in [-0.3, -0.25) is 9.59 Å². The van der Waals surface area contributed by atoms with Crippen LogP contribution in [0.2, 0.25) is 5.02 Å². The average Bonchev–Trinajstić information content (AvgIpc) is 2.61. The van der Waals surface area contributed by atoms with Crippen LogP contribution in [0.4, 0.5) is 5.69 Å². The molecular weight excluding hydrogens is 350 g/mol. The lowest BCUT2D eigenvalue weighted by molar-refractivity contribution is -0.862. The molecule has 138 valence electrons. The molecule has 2 aromatic rings. The Hall–Kier alpha value is -2.37. The molecule has 3 N–H and O–H groups in total. The maximum atomic E-state index is 12.0. The summed E-state index contributed by atoms with van der Waals surface area (Å²) in [6.07, 6.45) is 1.83. The number of aryl methyl sites for hydroxylation is 1. The van der Waals surface area contributed by atoms with Gasteiger partial charge in [-0.1, -0.05) is 41.9 Å². The van der Waals surface area contributed by atoms with Gasteiger partial charge in [0.25, 0.3) is 11.8 Å². The molecule has 0 bridgehead atoms. The molecule has 0 saturated carbocycles. The number of rotatable bonds is 9. The molecule has 5 nitrogen and oxygen atoms in total. The highest BCUT2D eigenvalue weighted by Crippen LogP contribution is 2.12. The van der Waals surface area contributed by atoms with Crippen molar-refractivity contribution in [2.24, 2.45) is 0 Å². The first-order chi connectivity index (χ1) is 12.5. The SMILES string of the molecule is C[NH+](CC(=O)NCCCc1ccccc1)CC(=O)Nc1ccc(Cl)cc1. The van der Waals surface area contributed by atoms with Gasteiger partial charge >= 0.3 is 0 Å². The first kappa shape index (κ1) is 19.9. The van der Waals surface area contributed by atoms with Crippen molar-refractivity contribution in [1.82, 2.24) is 5.32 Å². The summed E-state index contributed by atoms with van der Waals surface area (Å²) in [7, 11) is 1.82. The first-order valence-corrected chi connectivity index (χ1v) is 9.08. The summed E-state index contributed by atoms with van der Waals surface area (Å²) in [5, 5.41) is 6.32. The van der Waals surface area contributed by atoms with Crippen LogP contribution in [0.15, 0.2) is 54.6 Å². The highest BCUT2D eigenvalue weighted by atomic mass is 35.5. The molecule has 0 aliphatic carbocycles. The van der Waals surface area contributed by atoms with Crippen LogP contribution in [0.1, 0.15) is 12.0 Å². The zero-order valence-corrected chi connectivity index (χ0v) is 15.7. The van der Waals surface area contributed by atoms with Crippen molar-refractivity contribution in [2.45, 2.75) is 12.8 Å². The molecule has 2 rings (SSSR count). The zero-order chi connectivity index (χ0) is 18.8. The maximum Gasteiger partial charge on any atom is 0.279 e. The maximum absolute atomic E-state index is 12.0. The number of halogens is 1. The lowest BCUT2D eigenvalue weighted by Crippen LogP contribution is -3.11. The number of likely N-dealkylation sites (N-methyl/N-ethyl adjacent to an activating group) is 1. The predicted octanol–water partition coefficient (Wildman–Crippen LogP) is 1.54. The standard InChI is InChI=1S/C20H24ClN3O2/c1-24(15-20(26)23-18-11-9-17(21)10-12-18)14-19(25)22-13-5-8-16-6-3-2-4-7-16/h2-4,6-7,9-12H,5,8,13-15H2,1H3,(H,22,25)(H,23,26)/p+1. The molecule has 0 aromatic heterocycles. The van der Waals surface area contributed by atoms with Gasteiger partial charge in [0, 0.05) is 17.3 Å². The van der Waals surface area contributed by atoms with E-state index in [4.69, 9.17) is 11.6 Å². The van der Waals surface area contributed by atoms with Gasteiger partial charge < -0.3 is 15.5 Å². The Bertz CT molecular complexity index is 705. The van der Waals surface area contributed by atoms with Crippen LogP contribution in [0.3, 0.4) is 0 Å². The van der Waals surface area contributed by atoms with E-state index in [9.17, 15) is 9.59 Å². The third-order valence-electron chi connectivity index (χ3n) is 3.86. The Kier molecular flexibility index (Phi) is 8.12. The molecule has 2 amide bonds. The largest absolute Gasteiger partial charge is 0.351 e. The van der Waals surface area contributed by atoms with Crippen molar-refractivity contribution in [3.8, 4) is 0 Å². The van der Waals surface area contributed by atoms with Crippen LogP contribution in [0, 0.1) is 0 Å². The first-order valence-electron chi connectivity index (χ1n) is 8.70. The molecule has 0 fully saturated rings. The Morgan fingerprint density at radius 2 is 1.62 bits per heavy atom. The fourth-order valence-electron chi connectivity index (χ4n) is 2.58. The van der Waals surface area contributed by atoms with Crippen LogP contribution in [-0.2, 0) is 16.0 Å². The number of quaternary nitrogens is 1. The predicted molar refractivity (Wildman–Crippen MR) is 104 cm³/mol. The third kappa shape index (κ3) is 7.68. The van der Waals surface area contributed by atoms with Crippen molar-refractivity contribution in [2.75, 3.05) is 32.0 Å². The summed E-state index contributed by atoms with van der Waals surface area (Å²) in [6.45, 7) is 1.12. The van der Waals surface area contributed by atoms with Crippen molar-refractivity contribution in [3.63, 3.8) is 0 Å². The summed E-state index contributed by atoms with van der Waals surface area (Å²) in [5.41, 5.74) is 1.96. The lowest BCUT2D eigenvalue weighted by Gasteiger charge is -2.14. The molecule has 0 heterocycles. The van der Waals surface area contributed by atoms with E-state index in [-0.39, 0.29) is 24.9 Å². The second kappa shape index (κ2) is 10.6. The number of hydrogen-bond donors (Lipinski definition) is 3. The third-order valence-corrected chi connectivity index (χ3v) is 4.11. The van der Waals surface area contributed by atoms with Crippen LogP contribution < -0.4 is 15.5 Å². The van der Waals surface area contributed by atoms with Crippen LogP contribution >= 0.6 is 11.6 Å². The Labute approximate surface area is 159 Å². The van der Waals surface area contributed by atoms with Crippen LogP contribution in [-0.4, -0.2) is 38.5 Å². The van der Waals surface area contributed by atoms with Gasteiger partial charge in [0.15, 0.2) is 13.1 Å². The topological polar surface area (TPSA) is 62.6 Å². The van der Waals surface area contributed by atoms with E-state index in [1.807, 2.05) is 25.2 Å². The van der Waals surface area contributed by atoms with E-state index in [1.54, 1.807) is 24.3 Å². The Morgan fingerprint density at radius 1 is 0.962 bits per heavy atom. The number of benzene rings is 2. The molecule has 0 spiro atoms. The zero-order valence-electron chi connectivity index (χ0n) is 14.9. The van der Waals surface area contributed by atoms with E-state index in [0.29, 0.717) is 17.3 Å². The summed E-state index contributed by atoms with van der Waals surface area (Å²) in [5.74, 6) is -0.184. The molecule has 1 atom stereocenters. The molecule has 2 aromatic carbocycles. The van der Waals surface area contributed by atoms with Crippen LogP contribution in [0.5, 0.6) is 0 Å². The monoisotopic (exact) mass is 374 g/mol. The second-order valence-electron chi connectivity index (χ2n) is 6.30. The number of carbonyl (C=O) groups excluding carboxylic acids is 2. The van der Waals surface area contributed by atoms with E-state index < -0.39 is 0 Å². The molecule has 0 saturated heterocycles. The molecule has 0 aliphatic heterocycles. The van der Waals surface area contributed by atoms with Crippen LogP contribution in [0.25, 0.3) is 0 Å². The number of nitrogens with one attached hydrogen (secondary N) is 3. The van der Waals surface area contributed by atoms with Gasteiger partial charge in [-0.2, -0.15) is 0 Å². The molecular formula is C20H25ClN3O2+. The van der Waals surface area contributed by atoms with E-state index in [1.165, 1.54) is 5.56 Å². The Morgan fingerprint density at radius 3 is 2.31 bits per heavy atom. The lowest BCUT2D eigenvalue weighted by atomic mass is 10.1. The van der Waals surface area contributed by atoms with Gasteiger partial charge in [-0.05, 0) is 42.7 Å². The number of carbonyl (C=O) groups is 2. The molecule has 0 aliphatic rings. The van der Waals surface area contributed by atoms with Crippen molar-refractivity contribution in [3.05, 3.63) is 65.2 Å². The van der Waals surface area contributed by atoms with Gasteiger partial charge in [-0.25, -0.2) is 0 Å². The highest BCUT2D eigenvalue weighted by Gasteiger charge is 2.14. The average molecular weight is 375 g/mol. The van der Waals surface area contributed by atoms with Crippen molar-refractivity contribution < 1.29 is 14.5 Å².